The largest absolute Gasteiger partial charge is 0.389 e. The van der Waals surface area contributed by atoms with Crippen molar-refractivity contribution in [3.05, 3.63) is 29.8 Å². The van der Waals surface area contributed by atoms with E-state index in [0.29, 0.717) is 5.41 Å². The Bertz CT molecular complexity index is 495. The van der Waals surface area contributed by atoms with Crippen LogP contribution in [0, 0.1) is 5.41 Å². The van der Waals surface area contributed by atoms with Crippen LogP contribution >= 0.6 is 0 Å². The van der Waals surface area contributed by atoms with Crippen molar-refractivity contribution >= 4 is 11.7 Å². The lowest BCUT2D eigenvalue weighted by molar-refractivity contribution is 0.199. The van der Waals surface area contributed by atoms with E-state index in [1.54, 1.807) is 6.92 Å². The molecule has 0 saturated carbocycles. The Kier molecular flexibility index (Phi) is 4.88. The molecule has 1 unspecified atom stereocenters. The third kappa shape index (κ3) is 3.56. The Morgan fingerprint density at radius 2 is 2.14 bits per heavy atom. The van der Waals surface area contributed by atoms with E-state index in [-0.39, 0.29) is 6.03 Å². The summed E-state index contributed by atoms with van der Waals surface area (Å²) < 4.78 is 0. The third-order valence-corrected chi connectivity index (χ3v) is 4.85. The van der Waals surface area contributed by atoms with Crippen molar-refractivity contribution in [3.63, 3.8) is 0 Å². The number of rotatable bonds is 4. The second kappa shape index (κ2) is 6.48. The Balaban J connectivity index is 2.01. The van der Waals surface area contributed by atoms with Gasteiger partial charge in [0, 0.05) is 18.8 Å². The molecule has 1 saturated heterocycles. The fourth-order valence-corrected chi connectivity index (χ4v) is 3.01. The standard InChI is InChI=1S/C17H26N2O2/c1-4-17(5-2)9-10-19(12-17)16(21)18-15-8-6-7-14(11-15)13(3)20/h6-8,11,13,20H,4-5,9-10,12H2,1-3H3,(H,18,21). The van der Waals surface area contributed by atoms with Crippen LogP contribution in [0.4, 0.5) is 10.5 Å². The average Bonchev–Trinajstić information content (AvgIpc) is 2.93. The predicted molar refractivity (Wildman–Crippen MR) is 85.3 cm³/mol. The summed E-state index contributed by atoms with van der Waals surface area (Å²) in [5, 5.41) is 12.5. The van der Waals surface area contributed by atoms with E-state index >= 15 is 0 Å². The van der Waals surface area contributed by atoms with E-state index in [9.17, 15) is 9.90 Å². The number of carbonyl (C=O) groups excluding carboxylic acids is 1. The van der Waals surface area contributed by atoms with Crippen LogP contribution in [0.1, 0.15) is 51.7 Å². The summed E-state index contributed by atoms with van der Waals surface area (Å²) in [4.78, 5) is 14.3. The van der Waals surface area contributed by atoms with Crippen molar-refractivity contribution < 1.29 is 9.90 Å². The van der Waals surface area contributed by atoms with Gasteiger partial charge < -0.3 is 15.3 Å². The molecule has 1 heterocycles. The maximum absolute atomic E-state index is 12.4. The summed E-state index contributed by atoms with van der Waals surface area (Å²) >= 11 is 0. The van der Waals surface area contributed by atoms with Gasteiger partial charge in [-0.25, -0.2) is 4.79 Å². The van der Waals surface area contributed by atoms with Gasteiger partial charge in [0.05, 0.1) is 6.10 Å². The summed E-state index contributed by atoms with van der Waals surface area (Å²) in [6.07, 6.45) is 2.79. The first-order valence-electron chi connectivity index (χ1n) is 7.83. The van der Waals surface area contributed by atoms with E-state index < -0.39 is 6.10 Å². The molecule has 2 N–H and O–H groups in total. The van der Waals surface area contributed by atoms with E-state index in [0.717, 1.165) is 43.6 Å². The number of nitrogens with one attached hydrogen (secondary N) is 1. The average molecular weight is 290 g/mol. The van der Waals surface area contributed by atoms with Crippen LogP contribution in [0.5, 0.6) is 0 Å². The van der Waals surface area contributed by atoms with Gasteiger partial charge in [0.2, 0.25) is 0 Å². The second-order valence-electron chi connectivity index (χ2n) is 6.11. The summed E-state index contributed by atoms with van der Waals surface area (Å²) in [5.41, 5.74) is 1.84. The molecule has 0 aromatic heterocycles. The molecule has 0 spiro atoms. The van der Waals surface area contributed by atoms with Gasteiger partial charge in [-0.2, -0.15) is 0 Å². The monoisotopic (exact) mass is 290 g/mol. The zero-order chi connectivity index (χ0) is 15.5. The molecule has 1 fully saturated rings. The maximum atomic E-state index is 12.4. The van der Waals surface area contributed by atoms with Crippen molar-refractivity contribution in [2.75, 3.05) is 18.4 Å². The van der Waals surface area contributed by atoms with Crippen LogP contribution in [-0.4, -0.2) is 29.1 Å². The SMILES string of the molecule is CCC1(CC)CCN(C(=O)Nc2cccc(C(C)O)c2)C1. The van der Waals surface area contributed by atoms with Gasteiger partial charge in [0.25, 0.3) is 0 Å². The number of likely N-dealkylation sites (tertiary alicyclic amines) is 1. The van der Waals surface area contributed by atoms with Gasteiger partial charge in [0.15, 0.2) is 0 Å². The van der Waals surface area contributed by atoms with Gasteiger partial charge in [0.1, 0.15) is 0 Å². The molecule has 4 heteroatoms. The summed E-state index contributed by atoms with van der Waals surface area (Å²) in [5.74, 6) is 0. The number of carbonyl (C=O) groups is 1. The Labute approximate surface area is 127 Å². The summed E-state index contributed by atoms with van der Waals surface area (Å²) in [6.45, 7) is 7.79. The van der Waals surface area contributed by atoms with E-state index in [1.165, 1.54) is 0 Å². The highest BCUT2D eigenvalue weighted by Gasteiger charge is 2.36. The smallest absolute Gasteiger partial charge is 0.321 e. The van der Waals surface area contributed by atoms with E-state index in [2.05, 4.69) is 19.2 Å². The second-order valence-corrected chi connectivity index (χ2v) is 6.11. The number of aliphatic hydroxyl groups is 1. The summed E-state index contributed by atoms with van der Waals surface area (Å²) in [7, 11) is 0. The molecule has 1 aliphatic rings. The number of hydrogen-bond donors (Lipinski definition) is 2. The van der Waals surface area contributed by atoms with Crippen molar-refractivity contribution in [2.24, 2.45) is 5.41 Å². The van der Waals surface area contributed by atoms with Crippen LogP contribution in [0.3, 0.4) is 0 Å². The molecule has 2 amide bonds. The molecule has 2 rings (SSSR count). The number of nitrogens with zero attached hydrogens (tertiary/aromatic N) is 1. The molecule has 0 bridgehead atoms. The van der Waals surface area contributed by atoms with Crippen LogP contribution < -0.4 is 5.32 Å². The van der Waals surface area contributed by atoms with Gasteiger partial charge in [-0.05, 0) is 49.3 Å². The fourth-order valence-electron chi connectivity index (χ4n) is 3.01. The van der Waals surface area contributed by atoms with Crippen molar-refractivity contribution in [2.45, 2.75) is 46.1 Å². The zero-order valence-corrected chi connectivity index (χ0v) is 13.2. The number of hydrogen-bond acceptors (Lipinski definition) is 2. The van der Waals surface area contributed by atoms with Crippen molar-refractivity contribution in [1.82, 2.24) is 4.90 Å². The topological polar surface area (TPSA) is 52.6 Å². The number of aliphatic hydroxyl groups excluding tert-OH is 1. The first-order valence-corrected chi connectivity index (χ1v) is 7.83. The molecule has 4 nitrogen and oxygen atoms in total. The normalized spacial score (nSPS) is 18.6. The van der Waals surface area contributed by atoms with Gasteiger partial charge in [-0.15, -0.1) is 0 Å². The van der Waals surface area contributed by atoms with Gasteiger partial charge in [-0.3, -0.25) is 0 Å². The first-order chi connectivity index (χ1) is 9.99. The van der Waals surface area contributed by atoms with Gasteiger partial charge >= 0.3 is 6.03 Å². The first kappa shape index (κ1) is 15.8. The molecule has 1 atom stereocenters. The highest BCUT2D eigenvalue weighted by atomic mass is 16.3. The highest BCUT2D eigenvalue weighted by molar-refractivity contribution is 5.89. The number of urea groups is 1. The number of amides is 2. The molecule has 0 aliphatic carbocycles. The van der Waals surface area contributed by atoms with E-state index in [4.69, 9.17) is 0 Å². The molecule has 1 aromatic carbocycles. The lowest BCUT2D eigenvalue weighted by Gasteiger charge is -2.26. The molecule has 0 radical (unpaired) electrons. The van der Waals surface area contributed by atoms with Crippen LogP contribution in [0.15, 0.2) is 24.3 Å². The lowest BCUT2D eigenvalue weighted by Crippen LogP contribution is -2.35. The number of benzene rings is 1. The lowest BCUT2D eigenvalue weighted by atomic mass is 9.82. The Morgan fingerprint density at radius 3 is 2.71 bits per heavy atom. The molecule has 1 aromatic rings. The molecule has 1 aliphatic heterocycles. The fraction of sp³-hybridized carbons (Fsp3) is 0.588. The van der Waals surface area contributed by atoms with Crippen molar-refractivity contribution in [1.29, 1.82) is 0 Å². The Morgan fingerprint density at radius 1 is 1.43 bits per heavy atom. The quantitative estimate of drug-likeness (QED) is 0.886. The van der Waals surface area contributed by atoms with Gasteiger partial charge in [-0.1, -0.05) is 26.0 Å². The van der Waals surface area contributed by atoms with E-state index in [1.807, 2.05) is 29.2 Å². The summed E-state index contributed by atoms with van der Waals surface area (Å²) in [6, 6.07) is 7.35. The number of anilines is 1. The minimum absolute atomic E-state index is 0.0403. The zero-order valence-electron chi connectivity index (χ0n) is 13.2. The minimum Gasteiger partial charge on any atom is -0.389 e. The third-order valence-electron chi connectivity index (χ3n) is 4.85. The van der Waals surface area contributed by atoms with Crippen LogP contribution in [0.25, 0.3) is 0 Å². The molecular formula is C17H26N2O2. The molecular weight excluding hydrogens is 264 g/mol. The Hall–Kier alpha value is -1.55. The molecule has 21 heavy (non-hydrogen) atoms. The maximum Gasteiger partial charge on any atom is 0.321 e. The predicted octanol–water partition coefficient (Wildman–Crippen LogP) is 3.78. The van der Waals surface area contributed by atoms with Crippen LogP contribution in [-0.2, 0) is 0 Å². The van der Waals surface area contributed by atoms with Crippen LogP contribution in [0.2, 0.25) is 0 Å². The molecule has 116 valence electrons. The van der Waals surface area contributed by atoms with Crippen molar-refractivity contribution in [3.8, 4) is 0 Å². The highest BCUT2D eigenvalue weighted by Crippen LogP contribution is 2.37. The minimum atomic E-state index is -0.526.